The summed E-state index contributed by atoms with van der Waals surface area (Å²) in [5, 5.41) is 2.78. The van der Waals surface area contributed by atoms with Gasteiger partial charge >= 0.3 is 0 Å². The monoisotopic (exact) mass is 483 g/mol. The number of ether oxygens (including phenoxy) is 1. The molecule has 0 fully saturated rings. The minimum absolute atomic E-state index is 0.00519. The van der Waals surface area contributed by atoms with E-state index in [1.807, 2.05) is 18.7 Å². The molecular formula is C21H30ClN5O4S. The number of nitrogens with zero attached hydrogens (tertiary/aromatic N) is 4. The number of rotatable bonds is 11. The summed E-state index contributed by atoms with van der Waals surface area (Å²) in [4.78, 5) is 23.3. The fourth-order valence-corrected chi connectivity index (χ4v) is 4.92. The van der Waals surface area contributed by atoms with Crippen LogP contribution in [0.5, 0.6) is 5.75 Å². The van der Waals surface area contributed by atoms with E-state index in [0.717, 1.165) is 0 Å². The van der Waals surface area contributed by atoms with Crippen molar-refractivity contribution in [2.75, 3.05) is 43.0 Å². The Bertz CT molecular complexity index is 1040. The molecule has 1 aromatic heterocycles. The molecule has 1 N–H and O–H groups in total. The highest BCUT2D eigenvalue weighted by atomic mass is 35.5. The second kappa shape index (κ2) is 11.4. The van der Waals surface area contributed by atoms with Gasteiger partial charge in [0.15, 0.2) is 5.69 Å². The van der Waals surface area contributed by atoms with E-state index in [4.69, 9.17) is 16.3 Å². The van der Waals surface area contributed by atoms with E-state index in [0.29, 0.717) is 38.7 Å². The van der Waals surface area contributed by atoms with Gasteiger partial charge in [-0.05, 0) is 39.0 Å². The number of amides is 1. The number of halogens is 1. The highest BCUT2D eigenvalue weighted by Gasteiger charge is 2.27. The lowest BCUT2D eigenvalue weighted by Crippen LogP contribution is -2.31. The molecule has 176 valence electrons. The maximum atomic E-state index is 13.1. The van der Waals surface area contributed by atoms with Crippen LogP contribution in [0.25, 0.3) is 0 Å². The fraction of sp³-hybridized carbons (Fsp3) is 0.476. The van der Waals surface area contributed by atoms with Crippen LogP contribution in [-0.2, 0) is 10.0 Å². The van der Waals surface area contributed by atoms with E-state index < -0.39 is 15.9 Å². The molecule has 0 atom stereocenters. The van der Waals surface area contributed by atoms with Crippen molar-refractivity contribution in [1.82, 2.24) is 14.3 Å². The highest BCUT2D eigenvalue weighted by molar-refractivity contribution is 7.89. The first-order chi connectivity index (χ1) is 15.2. The van der Waals surface area contributed by atoms with E-state index in [1.165, 1.54) is 22.6 Å². The van der Waals surface area contributed by atoms with Gasteiger partial charge in [0.1, 0.15) is 10.6 Å². The Kier molecular flexibility index (Phi) is 9.23. The number of nitrogens with one attached hydrogen (secondary N) is 1. The van der Waals surface area contributed by atoms with Crippen molar-refractivity contribution in [3.8, 4) is 5.75 Å². The van der Waals surface area contributed by atoms with Crippen LogP contribution in [0, 0.1) is 0 Å². The van der Waals surface area contributed by atoms with Gasteiger partial charge in [0.25, 0.3) is 5.91 Å². The van der Waals surface area contributed by atoms with Crippen molar-refractivity contribution in [2.24, 2.45) is 0 Å². The maximum Gasteiger partial charge on any atom is 0.276 e. The lowest BCUT2D eigenvalue weighted by molar-refractivity contribution is 0.102. The first kappa shape index (κ1) is 25.8. The number of sulfonamides is 1. The van der Waals surface area contributed by atoms with Crippen LogP contribution in [0.2, 0.25) is 5.02 Å². The normalized spacial score (nSPS) is 11.5. The summed E-state index contributed by atoms with van der Waals surface area (Å²) < 4.78 is 33.1. The van der Waals surface area contributed by atoms with E-state index in [1.54, 1.807) is 26.8 Å². The van der Waals surface area contributed by atoms with Gasteiger partial charge in [0, 0.05) is 31.9 Å². The van der Waals surface area contributed by atoms with Gasteiger partial charge in [0.05, 0.1) is 17.8 Å². The predicted molar refractivity (Wildman–Crippen MR) is 126 cm³/mol. The summed E-state index contributed by atoms with van der Waals surface area (Å²) in [5.41, 5.74) is 0.286. The molecule has 0 bridgehead atoms. The average molecular weight is 484 g/mol. The van der Waals surface area contributed by atoms with E-state index in [9.17, 15) is 13.2 Å². The van der Waals surface area contributed by atoms with E-state index >= 15 is 0 Å². The summed E-state index contributed by atoms with van der Waals surface area (Å²) in [6, 6.07) is 4.49. The van der Waals surface area contributed by atoms with Gasteiger partial charge < -0.3 is 15.0 Å². The molecule has 2 aromatic rings. The molecule has 0 saturated heterocycles. The molecule has 0 saturated carbocycles. The lowest BCUT2D eigenvalue weighted by atomic mass is 10.3. The molecule has 2 rings (SSSR count). The van der Waals surface area contributed by atoms with Crippen molar-refractivity contribution in [1.29, 1.82) is 0 Å². The van der Waals surface area contributed by atoms with Crippen LogP contribution in [0.4, 0.5) is 11.6 Å². The molecular weight excluding hydrogens is 454 g/mol. The van der Waals surface area contributed by atoms with Crippen LogP contribution in [0.3, 0.4) is 0 Å². The third-order valence-electron chi connectivity index (χ3n) is 4.82. The largest absolute Gasteiger partial charge is 0.492 e. The molecule has 1 heterocycles. The highest BCUT2D eigenvalue weighted by Crippen LogP contribution is 2.30. The Morgan fingerprint density at radius 2 is 1.75 bits per heavy atom. The zero-order valence-corrected chi connectivity index (χ0v) is 20.6. The summed E-state index contributed by atoms with van der Waals surface area (Å²) in [7, 11) is -3.81. The van der Waals surface area contributed by atoms with Gasteiger partial charge in [-0.3, -0.25) is 4.79 Å². The quantitative estimate of drug-likeness (QED) is 0.520. The molecule has 0 aliphatic rings. The molecule has 9 nitrogen and oxygen atoms in total. The minimum atomic E-state index is -3.81. The van der Waals surface area contributed by atoms with Crippen LogP contribution >= 0.6 is 11.6 Å². The SMILES string of the molecule is CCOc1ccc(NC(=O)c2nc(N(CC)CC)ncc2Cl)cc1S(=O)(=O)N(CC)CC. The molecule has 0 spiro atoms. The topological polar surface area (TPSA) is 105 Å². The van der Waals surface area contributed by atoms with Crippen molar-refractivity contribution >= 4 is 39.2 Å². The van der Waals surface area contributed by atoms with Crippen LogP contribution in [0.15, 0.2) is 29.3 Å². The Morgan fingerprint density at radius 3 is 2.31 bits per heavy atom. The number of anilines is 2. The number of benzene rings is 1. The third-order valence-corrected chi connectivity index (χ3v) is 7.17. The second-order valence-electron chi connectivity index (χ2n) is 6.68. The standard InChI is InChI=1S/C21H30ClN5O4S/c1-6-26(7-2)21-23-14-16(22)19(25-21)20(28)24-15-11-12-17(31-10-5)18(13-15)32(29,30)27(8-3)9-4/h11-14H,6-10H2,1-5H3,(H,24,28). The molecule has 11 heteroatoms. The predicted octanol–water partition coefficient (Wildman–Crippen LogP) is 3.66. The molecule has 0 radical (unpaired) electrons. The van der Waals surface area contributed by atoms with Gasteiger partial charge in [-0.15, -0.1) is 0 Å². The van der Waals surface area contributed by atoms with Crippen molar-refractivity contribution in [3.63, 3.8) is 0 Å². The van der Waals surface area contributed by atoms with Crippen LogP contribution < -0.4 is 15.0 Å². The molecule has 0 aliphatic carbocycles. The van der Waals surface area contributed by atoms with Gasteiger partial charge in [-0.25, -0.2) is 18.4 Å². The third kappa shape index (κ3) is 5.67. The Hall–Kier alpha value is -2.43. The first-order valence-corrected chi connectivity index (χ1v) is 12.4. The van der Waals surface area contributed by atoms with Gasteiger partial charge in [-0.2, -0.15) is 4.31 Å². The number of carbonyl (C=O) groups excluding carboxylic acids is 1. The molecule has 32 heavy (non-hydrogen) atoms. The van der Waals surface area contributed by atoms with Crippen molar-refractivity contribution < 1.29 is 17.9 Å². The van der Waals surface area contributed by atoms with Gasteiger partial charge in [0.2, 0.25) is 16.0 Å². The average Bonchev–Trinajstić information content (AvgIpc) is 2.77. The smallest absolute Gasteiger partial charge is 0.276 e. The van der Waals surface area contributed by atoms with Crippen molar-refractivity contribution in [3.05, 3.63) is 35.1 Å². The zero-order chi connectivity index (χ0) is 23.9. The fourth-order valence-electron chi connectivity index (χ4n) is 3.13. The number of hydrogen-bond donors (Lipinski definition) is 1. The van der Waals surface area contributed by atoms with Crippen LogP contribution in [0.1, 0.15) is 45.1 Å². The Labute approximate surface area is 194 Å². The molecule has 1 amide bonds. The second-order valence-corrected chi connectivity index (χ2v) is 8.99. The molecule has 0 unspecified atom stereocenters. The van der Waals surface area contributed by atoms with E-state index in [-0.39, 0.29) is 27.0 Å². The Balaban J connectivity index is 2.44. The molecule has 1 aromatic carbocycles. The zero-order valence-electron chi connectivity index (χ0n) is 19.1. The first-order valence-electron chi connectivity index (χ1n) is 10.6. The summed E-state index contributed by atoms with van der Waals surface area (Å²) in [6.45, 7) is 11.5. The molecule has 0 aliphatic heterocycles. The van der Waals surface area contributed by atoms with E-state index in [2.05, 4.69) is 15.3 Å². The summed E-state index contributed by atoms with van der Waals surface area (Å²) >= 11 is 6.17. The lowest BCUT2D eigenvalue weighted by Gasteiger charge is -2.21. The maximum absolute atomic E-state index is 13.1. The Morgan fingerprint density at radius 1 is 1.09 bits per heavy atom. The summed E-state index contributed by atoms with van der Waals surface area (Å²) in [6.07, 6.45) is 1.38. The number of carbonyl (C=O) groups is 1. The van der Waals surface area contributed by atoms with Crippen molar-refractivity contribution in [2.45, 2.75) is 39.5 Å². The summed E-state index contributed by atoms with van der Waals surface area (Å²) in [5.74, 6) is 0.0449. The number of aromatic nitrogens is 2. The van der Waals surface area contributed by atoms with Gasteiger partial charge in [-0.1, -0.05) is 25.4 Å². The minimum Gasteiger partial charge on any atom is -0.492 e. The number of hydrogen-bond acceptors (Lipinski definition) is 7. The van der Waals surface area contributed by atoms with Crippen LogP contribution in [-0.4, -0.2) is 61.4 Å².